The summed E-state index contributed by atoms with van der Waals surface area (Å²) >= 11 is 0. The topological polar surface area (TPSA) is 67.1 Å². The second-order valence-electron chi connectivity index (χ2n) is 6.20. The van der Waals surface area contributed by atoms with E-state index in [-0.39, 0.29) is 5.54 Å². The van der Waals surface area contributed by atoms with Crippen molar-refractivity contribution in [1.29, 1.82) is 0 Å². The van der Waals surface area contributed by atoms with Gasteiger partial charge in [0.25, 0.3) is 0 Å². The Hall–Kier alpha value is -1.36. The summed E-state index contributed by atoms with van der Waals surface area (Å²) in [7, 11) is 2.03. The van der Waals surface area contributed by atoms with E-state index in [1.807, 2.05) is 27.0 Å². The van der Waals surface area contributed by atoms with E-state index in [4.69, 9.17) is 5.73 Å². The second-order valence-corrected chi connectivity index (χ2v) is 6.20. The number of hydrogen-bond acceptors (Lipinski definition) is 5. The van der Waals surface area contributed by atoms with Crippen LogP contribution in [0.2, 0.25) is 0 Å². The van der Waals surface area contributed by atoms with Crippen molar-refractivity contribution in [3.63, 3.8) is 0 Å². The predicted molar refractivity (Wildman–Crippen MR) is 81.5 cm³/mol. The molecule has 0 saturated heterocycles. The molecule has 0 radical (unpaired) electrons. The SMILES string of the molecule is CC(C)CNc1cc(N(C)CCC(C)(C)N)ncn1. The van der Waals surface area contributed by atoms with Crippen molar-refractivity contribution < 1.29 is 0 Å². The molecule has 0 saturated carbocycles. The van der Waals surface area contributed by atoms with E-state index in [0.717, 1.165) is 31.1 Å². The molecule has 19 heavy (non-hydrogen) atoms. The predicted octanol–water partition coefficient (Wildman–Crippen LogP) is 2.11. The summed E-state index contributed by atoms with van der Waals surface area (Å²) in [5.74, 6) is 2.39. The number of nitrogens with one attached hydrogen (secondary N) is 1. The Kier molecular flexibility index (Phi) is 5.54. The van der Waals surface area contributed by atoms with Crippen molar-refractivity contribution in [3.8, 4) is 0 Å². The molecule has 5 nitrogen and oxygen atoms in total. The first-order chi connectivity index (χ1) is 8.78. The molecule has 0 atom stereocenters. The molecular weight excluding hydrogens is 238 g/mol. The highest BCUT2D eigenvalue weighted by atomic mass is 15.2. The molecule has 0 amide bonds. The van der Waals surface area contributed by atoms with Gasteiger partial charge in [-0.2, -0.15) is 0 Å². The minimum absolute atomic E-state index is 0.153. The van der Waals surface area contributed by atoms with Gasteiger partial charge >= 0.3 is 0 Å². The van der Waals surface area contributed by atoms with Crippen molar-refractivity contribution in [3.05, 3.63) is 12.4 Å². The molecule has 0 aliphatic rings. The van der Waals surface area contributed by atoms with E-state index < -0.39 is 0 Å². The van der Waals surface area contributed by atoms with E-state index >= 15 is 0 Å². The maximum Gasteiger partial charge on any atom is 0.133 e. The molecule has 0 aliphatic heterocycles. The van der Waals surface area contributed by atoms with Gasteiger partial charge in [0.2, 0.25) is 0 Å². The van der Waals surface area contributed by atoms with Crippen LogP contribution in [0.1, 0.15) is 34.1 Å². The minimum atomic E-state index is -0.153. The van der Waals surface area contributed by atoms with Gasteiger partial charge in [0.05, 0.1) is 0 Å². The summed E-state index contributed by atoms with van der Waals surface area (Å²) in [6.45, 7) is 10.2. The zero-order valence-electron chi connectivity index (χ0n) is 12.8. The van der Waals surface area contributed by atoms with Crippen LogP contribution >= 0.6 is 0 Å². The lowest BCUT2D eigenvalue weighted by atomic mass is 10.0. The maximum atomic E-state index is 6.00. The first-order valence-electron chi connectivity index (χ1n) is 6.84. The Morgan fingerprint density at radius 3 is 2.63 bits per heavy atom. The standard InChI is InChI=1S/C14H27N5/c1-11(2)9-16-12-8-13(18-10-17-12)19(5)7-6-14(3,4)15/h8,10-11H,6-7,9,15H2,1-5H3,(H,16,17,18). The van der Waals surface area contributed by atoms with Crippen molar-refractivity contribution >= 4 is 11.6 Å². The van der Waals surface area contributed by atoms with Crippen LogP contribution in [0.25, 0.3) is 0 Å². The third-order valence-electron chi connectivity index (χ3n) is 2.83. The van der Waals surface area contributed by atoms with Crippen LogP contribution in [0.4, 0.5) is 11.6 Å². The van der Waals surface area contributed by atoms with Gasteiger partial charge in [-0.15, -0.1) is 0 Å². The van der Waals surface area contributed by atoms with Crippen LogP contribution in [0.5, 0.6) is 0 Å². The average Bonchev–Trinajstić information content (AvgIpc) is 2.33. The Bertz CT molecular complexity index is 384. The zero-order valence-corrected chi connectivity index (χ0v) is 12.8. The number of nitrogens with zero attached hydrogens (tertiary/aromatic N) is 3. The number of hydrogen-bond donors (Lipinski definition) is 2. The smallest absolute Gasteiger partial charge is 0.133 e. The van der Waals surface area contributed by atoms with Gasteiger partial charge in [-0.3, -0.25) is 0 Å². The van der Waals surface area contributed by atoms with Gasteiger partial charge in [0, 0.05) is 31.7 Å². The normalized spacial score (nSPS) is 11.7. The molecule has 0 unspecified atom stereocenters. The molecule has 1 rings (SSSR count). The summed E-state index contributed by atoms with van der Waals surface area (Å²) < 4.78 is 0. The van der Waals surface area contributed by atoms with Gasteiger partial charge in [0.1, 0.15) is 18.0 Å². The van der Waals surface area contributed by atoms with Gasteiger partial charge in [-0.25, -0.2) is 9.97 Å². The Labute approximate surface area is 116 Å². The fourth-order valence-electron chi connectivity index (χ4n) is 1.53. The Morgan fingerprint density at radius 2 is 2.05 bits per heavy atom. The lowest BCUT2D eigenvalue weighted by Gasteiger charge is -2.24. The minimum Gasteiger partial charge on any atom is -0.370 e. The highest BCUT2D eigenvalue weighted by Gasteiger charge is 2.13. The average molecular weight is 265 g/mol. The van der Waals surface area contributed by atoms with Crippen molar-refractivity contribution in [2.45, 2.75) is 39.7 Å². The highest BCUT2D eigenvalue weighted by molar-refractivity contribution is 5.47. The first-order valence-corrected chi connectivity index (χ1v) is 6.84. The zero-order chi connectivity index (χ0) is 14.5. The fraction of sp³-hybridized carbons (Fsp3) is 0.714. The molecule has 0 fully saturated rings. The quantitative estimate of drug-likeness (QED) is 0.790. The molecule has 0 aromatic carbocycles. The van der Waals surface area contributed by atoms with Crippen LogP contribution in [0.3, 0.4) is 0 Å². The van der Waals surface area contributed by atoms with Crippen molar-refractivity contribution in [2.75, 3.05) is 30.4 Å². The van der Waals surface area contributed by atoms with Gasteiger partial charge in [-0.1, -0.05) is 13.8 Å². The molecule has 0 bridgehead atoms. The monoisotopic (exact) mass is 265 g/mol. The summed E-state index contributed by atoms with van der Waals surface area (Å²) in [6, 6.07) is 1.98. The van der Waals surface area contributed by atoms with Crippen LogP contribution in [0.15, 0.2) is 12.4 Å². The number of rotatable bonds is 7. The molecule has 3 N–H and O–H groups in total. The van der Waals surface area contributed by atoms with Gasteiger partial charge < -0.3 is 16.0 Å². The van der Waals surface area contributed by atoms with E-state index in [0.29, 0.717) is 5.92 Å². The maximum absolute atomic E-state index is 6.00. The number of nitrogens with two attached hydrogens (primary N) is 1. The number of aromatic nitrogens is 2. The Morgan fingerprint density at radius 1 is 1.37 bits per heavy atom. The first kappa shape index (κ1) is 15.7. The fourth-order valence-corrected chi connectivity index (χ4v) is 1.53. The van der Waals surface area contributed by atoms with Gasteiger partial charge in [0.15, 0.2) is 0 Å². The lowest BCUT2D eigenvalue weighted by Crippen LogP contribution is -2.36. The van der Waals surface area contributed by atoms with Crippen LogP contribution in [0, 0.1) is 5.92 Å². The largest absolute Gasteiger partial charge is 0.370 e. The second kappa shape index (κ2) is 6.70. The molecule has 0 aliphatic carbocycles. The van der Waals surface area contributed by atoms with Gasteiger partial charge in [-0.05, 0) is 26.2 Å². The summed E-state index contributed by atoms with van der Waals surface area (Å²) in [4.78, 5) is 10.6. The van der Waals surface area contributed by atoms with E-state index in [1.165, 1.54) is 0 Å². The molecule has 1 heterocycles. The highest BCUT2D eigenvalue weighted by Crippen LogP contribution is 2.15. The van der Waals surface area contributed by atoms with Crippen LogP contribution in [-0.2, 0) is 0 Å². The molecule has 1 aromatic heterocycles. The van der Waals surface area contributed by atoms with E-state index in [9.17, 15) is 0 Å². The third-order valence-corrected chi connectivity index (χ3v) is 2.83. The van der Waals surface area contributed by atoms with Crippen molar-refractivity contribution in [1.82, 2.24) is 9.97 Å². The van der Waals surface area contributed by atoms with Crippen LogP contribution in [-0.4, -0.2) is 35.6 Å². The molecular formula is C14H27N5. The summed E-state index contributed by atoms with van der Waals surface area (Å²) in [5.41, 5.74) is 5.85. The van der Waals surface area contributed by atoms with Crippen LogP contribution < -0.4 is 16.0 Å². The van der Waals surface area contributed by atoms with E-state index in [2.05, 4.69) is 34.0 Å². The van der Waals surface area contributed by atoms with Crippen molar-refractivity contribution in [2.24, 2.45) is 11.7 Å². The Balaban J connectivity index is 2.60. The third kappa shape index (κ3) is 6.38. The number of anilines is 2. The van der Waals surface area contributed by atoms with E-state index in [1.54, 1.807) is 6.33 Å². The summed E-state index contributed by atoms with van der Waals surface area (Å²) in [5, 5.41) is 3.31. The summed E-state index contributed by atoms with van der Waals surface area (Å²) in [6.07, 6.45) is 2.52. The molecule has 0 spiro atoms. The molecule has 1 aromatic rings. The molecule has 5 heteroatoms. The lowest BCUT2D eigenvalue weighted by molar-refractivity contribution is 0.478. The molecule has 108 valence electrons.